The summed E-state index contributed by atoms with van der Waals surface area (Å²) in [5, 5.41) is 12.7. The number of ether oxygens (including phenoxy) is 1. The van der Waals surface area contributed by atoms with Crippen molar-refractivity contribution in [2.75, 3.05) is 19.7 Å². The van der Waals surface area contributed by atoms with E-state index in [1.54, 1.807) is 22.7 Å². The van der Waals surface area contributed by atoms with E-state index in [2.05, 4.69) is 21.0 Å². The molecule has 0 spiro atoms. The Morgan fingerprint density at radius 1 is 1.13 bits per heavy atom. The fourth-order valence-corrected chi connectivity index (χ4v) is 5.09. The average molecular weight is 539 g/mol. The van der Waals surface area contributed by atoms with Gasteiger partial charge in [0.05, 0.1) is 18.7 Å². The molecule has 2 aromatic rings. The van der Waals surface area contributed by atoms with Crippen molar-refractivity contribution in [1.82, 2.24) is 30.6 Å². The first-order chi connectivity index (χ1) is 18.6. The maximum Gasteiger partial charge on any atom is 0.249 e. The Labute approximate surface area is 228 Å². The van der Waals surface area contributed by atoms with Crippen LogP contribution < -0.4 is 20.7 Å². The molecule has 4 amide bonds. The van der Waals surface area contributed by atoms with E-state index < -0.39 is 29.8 Å². The predicted molar refractivity (Wildman–Crippen MR) is 143 cm³/mol. The molecular formula is C28H38N6O5. The molecule has 1 aromatic carbocycles. The maximum atomic E-state index is 13.5. The lowest BCUT2D eigenvalue weighted by Crippen LogP contribution is -2.52. The molecule has 1 fully saturated rings. The number of benzene rings is 1. The lowest BCUT2D eigenvalue weighted by molar-refractivity contribution is -0.138. The first kappa shape index (κ1) is 28.1. The highest BCUT2D eigenvalue weighted by Crippen LogP contribution is 2.23. The summed E-state index contributed by atoms with van der Waals surface area (Å²) in [6.07, 6.45) is 2.46. The number of amides is 4. The van der Waals surface area contributed by atoms with Crippen LogP contribution in [0.3, 0.4) is 0 Å². The van der Waals surface area contributed by atoms with Crippen molar-refractivity contribution >= 4 is 23.6 Å². The Hall–Kier alpha value is -3.89. The Kier molecular flexibility index (Phi) is 8.88. The quantitative estimate of drug-likeness (QED) is 0.530. The van der Waals surface area contributed by atoms with E-state index in [4.69, 9.17) is 4.74 Å². The summed E-state index contributed by atoms with van der Waals surface area (Å²) in [5.74, 6) is -0.728. The number of hydrogen-bond acceptors (Lipinski definition) is 6. The summed E-state index contributed by atoms with van der Waals surface area (Å²) in [5.41, 5.74) is 3.06. The van der Waals surface area contributed by atoms with Gasteiger partial charge in [-0.2, -0.15) is 5.10 Å². The van der Waals surface area contributed by atoms with Crippen LogP contribution in [0.1, 0.15) is 61.2 Å². The summed E-state index contributed by atoms with van der Waals surface area (Å²) in [6.45, 7) is 7.02. The van der Waals surface area contributed by atoms with Gasteiger partial charge in [0, 0.05) is 39.3 Å². The number of rotatable bonds is 2. The second-order valence-electron chi connectivity index (χ2n) is 10.5. The molecule has 1 aromatic heterocycles. The third kappa shape index (κ3) is 7.15. The lowest BCUT2D eigenvalue weighted by Gasteiger charge is -2.34. The van der Waals surface area contributed by atoms with E-state index >= 15 is 0 Å². The fourth-order valence-electron chi connectivity index (χ4n) is 5.09. The highest BCUT2D eigenvalue weighted by atomic mass is 16.5. The number of piperidine rings is 1. The van der Waals surface area contributed by atoms with Gasteiger partial charge in [0.15, 0.2) is 6.04 Å². The first-order valence-corrected chi connectivity index (χ1v) is 13.5. The summed E-state index contributed by atoms with van der Waals surface area (Å²) in [4.78, 5) is 53.9. The Bertz CT molecular complexity index is 1220. The van der Waals surface area contributed by atoms with Crippen LogP contribution in [-0.4, -0.2) is 64.0 Å². The van der Waals surface area contributed by atoms with Gasteiger partial charge in [-0.1, -0.05) is 6.07 Å². The lowest BCUT2D eigenvalue weighted by atomic mass is 9.94. The van der Waals surface area contributed by atoms with Gasteiger partial charge in [0.25, 0.3) is 0 Å². The Balaban J connectivity index is 1.66. The van der Waals surface area contributed by atoms with Crippen molar-refractivity contribution in [3.05, 3.63) is 46.8 Å². The van der Waals surface area contributed by atoms with Gasteiger partial charge < -0.3 is 25.6 Å². The van der Waals surface area contributed by atoms with E-state index in [1.165, 1.54) is 6.92 Å². The summed E-state index contributed by atoms with van der Waals surface area (Å²) in [7, 11) is 1.75. The Morgan fingerprint density at radius 2 is 1.92 bits per heavy atom. The Morgan fingerprint density at radius 3 is 2.64 bits per heavy atom. The number of carbonyl (C=O) groups is 4. The highest BCUT2D eigenvalue weighted by Gasteiger charge is 2.33. The molecular weight excluding hydrogens is 500 g/mol. The summed E-state index contributed by atoms with van der Waals surface area (Å²) < 4.78 is 7.66. The molecule has 210 valence electrons. The van der Waals surface area contributed by atoms with Crippen LogP contribution in [0.5, 0.6) is 5.75 Å². The van der Waals surface area contributed by atoms with Crippen molar-refractivity contribution in [2.24, 2.45) is 13.0 Å². The molecule has 3 N–H and O–H groups in total. The van der Waals surface area contributed by atoms with Crippen molar-refractivity contribution < 1.29 is 23.9 Å². The molecule has 2 aliphatic heterocycles. The van der Waals surface area contributed by atoms with Crippen molar-refractivity contribution in [3.63, 3.8) is 0 Å². The number of carbonyl (C=O) groups excluding carboxylic acids is 4. The van der Waals surface area contributed by atoms with Gasteiger partial charge in [-0.25, -0.2) is 0 Å². The van der Waals surface area contributed by atoms with Crippen molar-refractivity contribution in [1.29, 1.82) is 0 Å². The van der Waals surface area contributed by atoms with Gasteiger partial charge in [-0.15, -0.1) is 0 Å². The summed E-state index contributed by atoms with van der Waals surface area (Å²) >= 11 is 0. The minimum Gasteiger partial charge on any atom is -0.494 e. The zero-order valence-electron chi connectivity index (χ0n) is 23.1. The average Bonchev–Trinajstić information content (AvgIpc) is 3.23. The zero-order chi connectivity index (χ0) is 28.1. The number of nitrogens with zero attached hydrogens (tertiary/aromatic N) is 3. The molecule has 4 rings (SSSR count). The smallest absolute Gasteiger partial charge is 0.249 e. The van der Waals surface area contributed by atoms with Crippen LogP contribution >= 0.6 is 0 Å². The van der Waals surface area contributed by atoms with Crippen LogP contribution in [-0.2, 0) is 32.8 Å². The second kappa shape index (κ2) is 12.3. The molecule has 0 saturated carbocycles. The third-order valence-corrected chi connectivity index (χ3v) is 7.49. The number of nitrogens with one attached hydrogen (secondary N) is 3. The SMILES string of the molecule is CC(=O)N[C@H]1CC(=O)N2CCCC(CCOc3ccc(C)c(c3)CNC(=O)C(c3cc(C)n(C)n3)NC1=O)C2. The van der Waals surface area contributed by atoms with E-state index in [0.717, 1.165) is 41.8 Å². The molecule has 11 nitrogen and oxygen atoms in total. The van der Waals surface area contributed by atoms with Gasteiger partial charge >= 0.3 is 0 Å². The molecule has 2 unspecified atom stereocenters. The van der Waals surface area contributed by atoms with Gasteiger partial charge in [-0.05, 0) is 68.4 Å². The van der Waals surface area contributed by atoms with Crippen LogP contribution in [0.15, 0.2) is 24.3 Å². The molecule has 3 heterocycles. The van der Waals surface area contributed by atoms with E-state index in [1.807, 2.05) is 32.0 Å². The maximum absolute atomic E-state index is 13.5. The zero-order valence-corrected chi connectivity index (χ0v) is 23.1. The van der Waals surface area contributed by atoms with Crippen molar-refractivity contribution in [2.45, 2.75) is 65.1 Å². The van der Waals surface area contributed by atoms with E-state index in [-0.39, 0.29) is 24.8 Å². The molecule has 2 aliphatic rings. The number of hydrogen-bond donors (Lipinski definition) is 3. The minimum absolute atomic E-state index is 0.200. The standard InChI is InChI=1S/C28H38N6O5/c1-17-7-8-22-13-21(17)15-29-28(38)26(23-12-18(2)33(4)32-23)31-27(37)24(30-19(3)35)14-25(36)34-10-5-6-20(16-34)9-11-39-22/h7-8,12-13,20,24,26H,5-6,9-11,14-16H2,1-4H3,(H,29,38)(H,30,35)(H,31,37)/t20?,24-,26?/m0/s1. The monoisotopic (exact) mass is 538 g/mol. The minimum atomic E-state index is -1.13. The molecule has 3 atom stereocenters. The van der Waals surface area contributed by atoms with Gasteiger partial charge in [0.2, 0.25) is 23.6 Å². The normalized spacial score (nSPS) is 23.1. The molecule has 1 saturated heterocycles. The van der Waals surface area contributed by atoms with E-state index in [0.29, 0.717) is 25.4 Å². The predicted octanol–water partition coefficient (Wildman–Crippen LogP) is 1.43. The molecule has 4 bridgehead atoms. The first-order valence-electron chi connectivity index (χ1n) is 13.5. The van der Waals surface area contributed by atoms with Crippen molar-refractivity contribution in [3.8, 4) is 5.75 Å². The number of aryl methyl sites for hydroxylation is 3. The van der Waals surface area contributed by atoms with Gasteiger partial charge in [0.1, 0.15) is 11.8 Å². The molecule has 39 heavy (non-hydrogen) atoms. The second-order valence-corrected chi connectivity index (χ2v) is 10.5. The third-order valence-electron chi connectivity index (χ3n) is 7.49. The van der Waals surface area contributed by atoms with Gasteiger partial charge in [-0.3, -0.25) is 23.9 Å². The molecule has 0 aliphatic carbocycles. The van der Waals surface area contributed by atoms with Crippen LogP contribution in [0.4, 0.5) is 0 Å². The fraction of sp³-hybridized carbons (Fsp3) is 0.536. The van der Waals surface area contributed by atoms with E-state index in [9.17, 15) is 19.2 Å². The van der Waals surface area contributed by atoms with Crippen LogP contribution in [0.25, 0.3) is 0 Å². The molecule has 11 heteroatoms. The number of fused-ring (bicyclic) bond motifs is 4. The highest BCUT2D eigenvalue weighted by molar-refractivity contribution is 5.95. The van der Waals surface area contributed by atoms with Crippen LogP contribution in [0, 0.1) is 19.8 Å². The molecule has 0 radical (unpaired) electrons. The summed E-state index contributed by atoms with van der Waals surface area (Å²) in [6, 6.07) is 5.26. The largest absolute Gasteiger partial charge is 0.494 e. The van der Waals surface area contributed by atoms with Crippen LogP contribution in [0.2, 0.25) is 0 Å². The number of aromatic nitrogens is 2. The topological polar surface area (TPSA) is 135 Å².